The standard InChI is InChI=1S/C6H5NO3S/c8-5-1-3-6(4-2-5)11-7(9)10/h1-4,8H. The van der Waals surface area contributed by atoms with E-state index < -0.39 is 4.33 Å². The molecule has 0 atom stereocenters. The van der Waals surface area contributed by atoms with E-state index in [0.29, 0.717) is 16.8 Å². The molecule has 0 radical (unpaired) electrons. The summed E-state index contributed by atoms with van der Waals surface area (Å²) < 4.78 is -0.494. The molecule has 0 aliphatic carbocycles. The highest BCUT2D eigenvalue weighted by Crippen LogP contribution is 2.20. The van der Waals surface area contributed by atoms with Gasteiger partial charge in [0.15, 0.2) is 0 Å². The molecule has 0 unspecified atom stereocenters. The molecule has 58 valence electrons. The molecule has 1 N–H and O–H groups in total. The van der Waals surface area contributed by atoms with Gasteiger partial charge in [0.2, 0.25) is 0 Å². The SMILES string of the molecule is O=[N+]([O-])Sc1ccc(O)cc1. The average Bonchev–Trinajstić information content (AvgIpc) is 1.93. The summed E-state index contributed by atoms with van der Waals surface area (Å²) in [5.41, 5.74) is 0. The Morgan fingerprint density at radius 1 is 1.36 bits per heavy atom. The molecule has 0 spiro atoms. The number of nitro groups is 1. The van der Waals surface area contributed by atoms with Crippen molar-refractivity contribution in [2.75, 3.05) is 0 Å². The van der Waals surface area contributed by atoms with E-state index in [4.69, 9.17) is 5.11 Å². The summed E-state index contributed by atoms with van der Waals surface area (Å²) in [6.45, 7) is 0. The maximum atomic E-state index is 9.96. The van der Waals surface area contributed by atoms with Gasteiger partial charge in [0.25, 0.3) is 11.9 Å². The van der Waals surface area contributed by atoms with E-state index in [9.17, 15) is 10.1 Å². The van der Waals surface area contributed by atoms with Crippen LogP contribution in [0.1, 0.15) is 0 Å². The second-order valence-electron chi connectivity index (χ2n) is 1.81. The zero-order valence-electron chi connectivity index (χ0n) is 5.43. The van der Waals surface area contributed by atoms with Crippen molar-refractivity contribution < 1.29 is 9.44 Å². The zero-order chi connectivity index (χ0) is 8.27. The monoisotopic (exact) mass is 171 g/mol. The number of hydrogen-bond acceptors (Lipinski definition) is 4. The Morgan fingerprint density at radius 2 is 1.91 bits per heavy atom. The van der Waals surface area contributed by atoms with Crippen LogP contribution in [0, 0.1) is 10.1 Å². The van der Waals surface area contributed by atoms with Gasteiger partial charge in [-0.2, -0.15) is 0 Å². The van der Waals surface area contributed by atoms with Crippen LogP contribution in [-0.2, 0) is 0 Å². The molecule has 0 fully saturated rings. The van der Waals surface area contributed by atoms with E-state index >= 15 is 0 Å². The minimum Gasteiger partial charge on any atom is -0.508 e. The summed E-state index contributed by atoms with van der Waals surface area (Å²) in [7, 11) is 0. The van der Waals surface area contributed by atoms with E-state index in [0.717, 1.165) is 0 Å². The lowest BCUT2D eigenvalue weighted by Crippen LogP contribution is -1.81. The van der Waals surface area contributed by atoms with Crippen LogP contribution in [0.3, 0.4) is 0 Å². The van der Waals surface area contributed by atoms with Gasteiger partial charge in [-0.25, -0.2) is 0 Å². The number of rotatable bonds is 2. The second-order valence-corrected chi connectivity index (χ2v) is 2.76. The first-order valence-electron chi connectivity index (χ1n) is 2.80. The number of phenols is 1. The molecule has 0 bridgehead atoms. The van der Waals surface area contributed by atoms with E-state index in [1.165, 1.54) is 24.3 Å². The lowest BCUT2D eigenvalue weighted by Gasteiger charge is -1.91. The van der Waals surface area contributed by atoms with Crippen LogP contribution in [0.4, 0.5) is 0 Å². The minimum absolute atomic E-state index is 0.109. The molecule has 1 rings (SSSR count). The maximum absolute atomic E-state index is 9.96. The molecule has 0 saturated carbocycles. The molecule has 0 amide bonds. The molecule has 1 aromatic carbocycles. The smallest absolute Gasteiger partial charge is 0.265 e. The fraction of sp³-hybridized carbons (Fsp3) is 0. The number of benzene rings is 1. The molecule has 4 nitrogen and oxygen atoms in total. The highest BCUT2D eigenvalue weighted by molar-refractivity contribution is 7.93. The van der Waals surface area contributed by atoms with Gasteiger partial charge in [0.05, 0.1) is 4.90 Å². The van der Waals surface area contributed by atoms with Crippen molar-refractivity contribution in [2.45, 2.75) is 4.90 Å². The maximum Gasteiger partial charge on any atom is 0.265 e. The third-order valence-corrected chi connectivity index (χ3v) is 1.65. The molecule has 0 saturated heterocycles. The van der Waals surface area contributed by atoms with Gasteiger partial charge in [0, 0.05) is 0 Å². The predicted octanol–water partition coefficient (Wildman–Crippen LogP) is 1.68. The lowest BCUT2D eigenvalue weighted by atomic mass is 10.3. The molecule has 1 aromatic rings. The van der Waals surface area contributed by atoms with Crippen molar-refractivity contribution in [1.29, 1.82) is 0 Å². The third-order valence-electron chi connectivity index (χ3n) is 1.02. The van der Waals surface area contributed by atoms with Crippen molar-refractivity contribution in [3.8, 4) is 5.75 Å². The van der Waals surface area contributed by atoms with E-state index in [1.807, 2.05) is 0 Å². The first-order chi connectivity index (χ1) is 5.18. The Kier molecular flexibility index (Phi) is 2.32. The van der Waals surface area contributed by atoms with Gasteiger partial charge in [0.1, 0.15) is 10.1 Å². The van der Waals surface area contributed by atoms with Crippen LogP contribution in [0.15, 0.2) is 29.2 Å². The van der Waals surface area contributed by atoms with Crippen molar-refractivity contribution in [3.63, 3.8) is 0 Å². The third kappa shape index (κ3) is 2.46. The zero-order valence-corrected chi connectivity index (χ0v) is 6.25. The Labute approximate surface area is 67.1 Å². The molecule has 5 heteroatoms. The second kappa shape index (κ2) is 3.25. The minimum atomic E-state index is -0.494. The summed E-state index contributed by atoms with van der Waals surface area (Å²) in [5, 5.41) is 18.8. The van der Waals surface area contributed by atoms with Crippen LogP contribution < -0.4 is 0 Å². The van der Waals surface area contributed by atoms with Crippen molar-refractivity contribution in [2.24, 2.45) is 0 Å². The topological polar surface area (TPSA) is 63.4 Å². The van der Waals surface area contributed by atoms with Crippen molar-refractivity contribution in [1.82, 2.24) is 0 Å². The van der Waals surface area contributed by atoms with Crippen molar-refractivity contribution in [3.05, 3.63) is 34.4 Å². The number of phenolic OH excluding ortho intramolecular Hbond substituents is 1. The molecule has 11 heavy (non-hydrogen) atoms. The van der Waals surface area contributed by atoms with Crippen LogP contribution in [0.5, 0.6) is 5.75 Å². The van der Waals surface area contributed by atoms with Crippen molar-refractivity contribution >= 4 is 11.9 Å². The number of aromatic hydroxyl groups is 1. The Bertz CT molecular complexity index is 259. The molecular formula is C6H5NO3S. The molecule has 0 aromatic heterocycles. The first-order valence-corrected chi connectivity index (χ1v) is 3.57. The molecule has 0 aliphatic rings. The van der Waals surface area contributed by atoms with Crippen LogP contribution >= 0.6 is 11.9 Å². The Morgan fingerprint density at radius 3 is 2.36 bits per heavy atom. The number of nitrogens with zero attached hydrogens (tertiary/aromatic N) is 1. The highest BCUT2D eigenvalue weighted by atomic mass is 32.2. The van der Waals surface area contributed by atoms with Gasteiger partial charge >= 0.3 is 0 Å². The normalized spacial score (nSPS) is 9.45. The fourth-order valence-electron chi connectivity index (χ4n) is 0.593. The quantitative estimate of drug-likeness (QED) is 0.417. The fourth-order valence-corrected chi connectivity index (χ4v) is 1.02. The van der Waals surface area contributed by atoms with Gasteiger partial charge in [-0.1, -0.05) is 0 Å². The molecular weight excluding hydrogens is 166 g/mol. The van der Waals surface area contributed by atoms with Crippen LogP contribution in [-0.4, -0.2) is 9.44 Å². The van der Waals surface area contributed by atoms with Crippen LogP contribution in [0.25, 0.3) is 0 Å². The highest BCUT2D eigenvalue weighted by Gasteiger charge is 2.03. The van der Waals surface area contributed by atoms with E-state index in [2.05, 4.69) is 0 Å². The van der Waals surface area contributed by atoms with Gasteiger partial charge in [-0.3, -0.25) is 10.1 Å². The van der Waals surface area contributed by atoms with Gasteiger partial charge in [-0.05, 0) is 24.3 Å². The molecule has 0 aliphatic heterocycles. The lowest BCUT2D eigenvalue weighted by molar-refractivity contribution is -0.284. The Balaban J connectivity index is 2.74. The summed E-state index contributed by atoms with van der Waals surface area (Å²) in [6, 6.07) is 5.79. The summed E-state index contributed by atoms with van der Waals surface area (Å²) in [4.78, 5) is 10.5. The number of hydrogen-bond donors (Lipinski definition) is 1. The Hall–Kier alpha value is -1.23. The summed E-state index contributed by atoms with van der Waals surface area (Å²) in [5.74, 6) is 0.109. The molecule has 0 heterocycles. The van der Waals surface area contributed by atoms with Crippen LogP contribution in [0.2, 0.25) is 0 Å². The predicted molar refractivity (Wildman–Crippen MR) is 41.0 cm³/mol. The first kappa shape index (κ1) is 7.87. The van der Waals surface area contributed by atoms with Gasteiger partial charge < -0.3 is 5.11 Å². The van der Waals surface area contributed by atoms with E-state index in [-0.39, 0.29) is 5.75 Å². The average molecular weight is 171 g/mol. The summed E-state index contributed by atoms with van der Waals surface area (Å²) >= 11 is 0.518. The summed E-state index contributed by atoms with van der Waals surface area (Å²) in [6.07, 6.45) is 0. The van der Waals surface area contributed by atoms with Gasteiger partial charge in [-0.15, -0.1) is 0 Å². The van der Waals surface area contributed by atoms with E-state index in [1.54, 1.807) is 0 Å². The largest absolute Gasteiger partial charge is 0.508 e.